The van der Waals surface area contributed by atoms with Crippen LogP contribution >= 0.6 is 0 Å². The Hall–Kier alpha value is -3.07. The largest absolute Gasteiger partial charge is 0.497 e. The summed E-state index contributed by atoms with van der Waals surface area (Å²) < 4.78 is 73.7. The van der Waals surface area contributed by atoms with Gasteiger partial charge >= 0.3 is 0 Å². The van der Waals surface area contributed by atoms with Crippen molar-refractivity contribution in [2.24, 2.45) is 0 Å². The Labute approximate surface area is 217 Å². The number of morpholine rings is 1. The number of nitrogens with zero attached hydrogens (tertiary/aromatic N) is 2. The number of carbonyl (C=O) groups excluding carboxylic acids is 1. The van der Waals surface area contributed by atoms with Crippen molar-refractivity contribution < 1.29 is 40.6 Å². The first-order valence-corrected chi connectivity index (χ1v) is 14.6. The van der Waals surface area contributed by atoms with Gasteiger partial charge in [0.05, 0.1) is 50.8 Å². The number of amides is 1. The molecule has 1 saturated heterocycles. The van der Waals surface area contributed by atoms with Crippen LogP contribution in [0.1, 0.15) is 0 Å². The van der Waals surface area contributed by atoms with Gasteiger partial charge < -0.3 is 24.3 Å². The lowest BCUT2D eigenvalue weighted by atomic mass is 10.2. The molecular weight excluding hydrogens is 526 g/mol. The lowest BCUT2D eigenvalue weighted by Gasteiger charge is -2.26. The summed E-state index contributed by atoms with van der Waals surface area (Å²) in [6.45, 7) is 1.05. The van der Waals surface area contributed by atoms with Crippen molar-refractivity contribution in [2.75, 3.05) is 70.8 Å². The second-order valence-corrected chi connectivity index (χ2v) is 11.8. The quantitative estimate of drug-likeness (QED) is 0.373. The van der Waals surface area contributed by atoms with E-state index in [0.717, 1.165) is 10.6 Å². The second-order valence-electron chi connectivity index (χ2n) is 7.99. The Morgan fingerprint density at radius 2 is 1.65 bits per heavy atom. The Kier molecular flexibility index (Phi) is 9.59. The molecule has 0 bridgehead atoms. The van der Waals surface area contributed by atoms with Crippen molar-refractivity contribution in [1.29, 1.82) is 0 Å². The van der Waals surface area contributed by atoms with E-state index in [9.17, 15) is 21.6 Å². The molecular formula is C23H31N3O9S2. The Morgan fingerprint density at radius 1 is 1.00 bits per heavy atom. The zero-order valence-corrected chi connectivity index (χ0v) is 22.5. The number of benzene rings is 2. The van der Waals surface area contributed by atoms with Crippen LogP contribution in [0.4, 0.5) is 5.69 Å². The SMILES string of the molecule is COc1ccc(OC)c(N(CC(=O)NCCOc2ccc(S(=O)(=O)N3CCOCC3)cc2)S(C)(=O)=O)c1. The molecule has 2 aromatic rings. The van der Waals surface area contributed by atoms with Crippen LogP contribution in [-0.2, 0) is 29.6 Å². The van der Waals surface area contributed by atoms with Crippen molar-refractivity contribution in [1.82, 2.24) is 9.62 Å². The van der Waals surface area contributed by atoms with E-state index in [2.05, 4.69) is 5.32 Å². The van der Waals surface area contributed by atoms with Gasteiger partial charge in [-0.2, -0.15) is 4.31 Å². The molecule has 2 aromatic carbocycles. The first kappa shape index (κ1) is 28.5. The van der Waals surface area contributed by atoms with Crippen LogP contribution in [0.15, 0.2) is 47.4 Å². The summed E-state index contributed by atoms with van der Waals surface area (Å²) in [6, 6.07) is 10.6. The fraction of sp³-hybridized carbons (Fsp3) is 0.435. The number of hydrogen-bond acceptors (Lipinski definition) is 9. The predicted molar refractivity (Wildman–Crippen MR) is 136 cm³/mol. The van der Waals surface area contributed by atoms with E-state index in [1.165, 1.54) is 48.9 Å². The maximum absolute atomic E-state index is 12.7. The third-order valence-electron chi connectivity index (χ3n) is 5.47. The summed E-state index contributed by atoms with van der Waals surface area (Å²) in [5, 5.41) is 2.61. The summed E-state index contributed by atoms with van der Waals surface area (Å²) in [7, 11) is -4.58. The molecule has 37 heavy (non-hydrogen) atoms. The molecule has 1 heterocycles. The lowest BCUT2D eigenvalue weighted by Crippen LogP contribution is -2.41. The molecule has 0 radical (unpaired) electrons. The molecule has 0 unspecified atom stereocenters. The summed E-state index contributed by atoms with van der Waals surface area (Å²) in [5.41, 5.74) is 0.169. The smallest absolute Gasteiger partial charge is 0.243 e. The van der Waals surface area contributed by atoms with E-state index in [0.29, 0.717) is 37.8 Å². The topological polar surface area (TPSA) is 141 Å². The fourth-order valence-corrected chi connectivity index (χ4v) is 5.82. The van der Waals surface area contributed by atoms with Gasteiger partial charge in [0.1, 0.15) is 30.4 Å². The minimum absolute atomic E-state index is 0.0860. The maximum Gasteiger partial charge on any atom is 0.243 e. The van der Waals surface area contributed by atoms with Crippen LogP contribution < -0.4 is 23.8 Å². The summed E-state index contributed by atoms with van der Waals surface area (Å²) in [5.74, 6) is 0.545. The highest BCUT2D eigenvalue weighted by molar-refractivity contribution is 7.92. The fourth-order valence-electron chi connectivity index (χ4n) is 3.56. The van der Waals surface area contributed by atoms with Gasteiger partial charge in [0.2, 0.25) is 26.0 Å². The predicted octanol–water partition coefficient (Wildman–Crippen LogP) is 0.686. The van der Waals surface area contributed by atoms with Gasteiger partial charge in [-0.05, 0) is 36.4 Å². The van der Waals surface area contributed by atoms with Gasteiger partial charge in [-0.1, -0.05) is 0 Å². The number of hydrogen-bond donors (Lipinski definition) is 1. The molecule has 0 aliphatic carbocycles. The summed E-state index contributed by atoms with van der Waals surface area (Å²) >= 11 is 0. The third-order valence-corrected chi connectivity index (χ3v) is 8.51. The number of anilines is 1. The van der Waals surface area contributed by atoms with Crippen molar-refractivity contribution >= 4 is 31.6 Å². The first-order valence-electron chi connectivity index (χ1n) is 11.3. The van der Waals surface area contributed by atoms with Crippen molar-refractivity contribution in [3.8, 4) is 17.2 Å². The molecule has 204 valence electrons. The van der Waals surface area contributed by atoms with Crippen LogP contribution in [0.25, 0.3) is 0 Å². The second kappa shape index (κ2) is 12.4. The number of sulfonamides is 2. The molecule has 1 fully saturated rings. The highest BCUT2D eigenvalue weighted by Gasteiger charge is 2.26. The third kappa shape index (κ3) is 7.47. The Morgan fingerprint density at radius 3 is 2.24 bits per heavy atom. The summed E-state index contributed by atoms with van der Waals surface area (Å²) in [4.78, 5) is 12.7. The molecule has 1 aliphatic heterocycles. The Balaban J connectivity index is 1.55. The van der Waals surface area contributed by atoms with Crippen molar-refractivity contribution in [2.45, 2.75) is 4.90 Å². The monoisotopic (exact) mass is 557 g/mol. The average molecular weight is 558 g/mol. The van der Waals surface area contributed by atoms with E-state index in [4.69, 9.17) is 18.9 Å². The van der Waals surface area contributed by atoms with Gasteiger partial charge in [-0.3, -0.25) is 9.10 Å². The van der Waals surface area contributed by atoms with E-state index >= 15 is 0 Å². The number of carbonyl (C=O) groups is 1. The zero-order valence-electron chi connectivity index (χ0n) is 20.9. The van der Waals surface area contributed by atoms with Gasteiger partial charge in [0.15, 0.2) is 0 Å². The zero-order chi connectivity index (χ0) is 27.1. The van der Waals surface area contributed by atoms with E-state index in [1.54, 1.807) is 12.1 Å². The van der Waals surface area contributed by atoms with E-state index in [1.807, 2.05) is 0 Å². The average Bonchev–Trinajstić information content (AvgIpc) is 2.89. The molecule has 1 amide bonds. The first-order chi connectivity index (χ1) is 17.6. The molecule has 12 nitrogen and oxygen atoms in total. The van der Waals surface area contributed by atoms with Gasteiger partial charge in [0.25, 0.3) is 0 Å². The standard InChI is InChI=1S/C23H31N3O9S2/c1-32-19-6-9-22(33-2)21(16-19)26(36(3,28)29)17-23(27)24-10-13-35-18-4-7-20(8-5-18)37(30,31)25-11-14-34-15-12-25/h4-9,16H,10-15,17H2,1-3H3,(H,24,27). The van der Waals surface area contributed by atoms with Gasteiger partial charge in [-0.25, -0.2) is 16.8 Å². The molecule has 0 saturated carbocycles. The van der Waals surface area contributed by atoms with Crippen LogP contribution in [0.5, 0.6) is 17.2 Å². The molecule has 3 rings (SSSR count). The normalized spacial score (nSPS) is 14.6. The van der Waals surface area contributed by atoms with E-state index < -0.39 is 32.5 Å². The minimum Gasteiger partial charge on any atom is -0.497 e. The lowest BCUT2D eigenvalue weighted by molar-refractivity contribution is -0.119. The van der Waals surface area contributed by atoms with Crippen LogP contribution in [0, 0.1) is 0 Å². The highest BCUT2D eigenvalue weighted by atomic mass is 32.2. The van der Waals surface area contributed by atoms with E-state index in [-0.39, 0.29) is 29.5 Å². The number of methoxy groups -OCH3 is 2. The molecule has 14 heteroatoms. The van der Waals surface area contributed by atoms with Crippen LogP contribution in [0.3, 0.4) is 0 Å². The maximum atomic E-state index is 12.7. The highest BCUT2D eigenvalue weighted by Crippen LogP contribution is 2.33. The number of rotatable bonds is 12. The van der Waals surface area contributed by atoms with Gasteiger partial charge in [-0.15, -0.1) is 0 Å². The Bertz CT molecular complexity index is 1280. The van der Waals surface area contributed by atoms with Crippen LogP contribution in [0.2, 0.25) is 0 Å². The van der Waals surface area contributed by atoms with Crippen LogP contribution in [-0.4, -0.2) is 93.5 Å². The van der Waals surface area contributed by atoms with Gasteiger partial charge in [0, 0.05) is 19.2 Å². The van der Waals surface area contributed by atoms with Crippen molar-refractivity contribution in [3.63, 3.8) is 0 Å². The molecule has 0 atom stereocenters. The number of nitrogens with one attached hydrogen (secondary N) is 1. The number of ether oxygens (including phenoxy) is 4. The minimum atomic E-state index is -3.82. The molecule has 1 N–H and O–H groups in total. The molecule has 0 aromatic heterocycles. The summed E-state index contributed by atoms with van der Waals surface area (Å²) in [6.07, 6.45) is 0.991. The molecule has 1 aliphatic rings. The van der Waals surface area contributed by atoms with Crippen molar-refractivity contribution in [3.05, 3.63) is 42.5 Å². The molecule has 0 spiro atoms.